The van der Waals surface area contributed by atoms with Crippen molar-refractivity contribution in [1.82, 2.24) is 9.97 Å². The fraction of sp³-hybridized carbons (Fsp3) is 0.150. The number of nitrogens with one attached hydrogen (secondary N) is 1. The second-order valence-corrected chi connectivity index (χ2v) is 6.96. The van der Waals surface area contributed by atoms with Crippen LogP contribution in [0.3, 0.4) is 0 Å². The van der Waals surface area contributed by atoms with E-state index in [1.54, 1.807) is 36.7 Å². The average Bonchev–Trinajstić information content (AvgIpc) is 3.00. The lowest BCUT2D eigenvalue weighted by atomic mass is 10.2. The van der Waals surface area contributed by atoms with E-state index in [1.165, 1.54) is 11.3 Å². The third kappa shape index (κ3) is 5.81. The number of carbonyl (C=O) groups excluding carboxylic acids is 1. The summed E-state index contributed by atoms with van der Waals surface area (Å²) in [4.78, 5) is 21.2. The van der Waals surface area contributed by atoms with Crippen LogP contribution in [0.15, 0.2) is 48.8 Å². The van der Waals surface area contributed by atoms with Crippen LogP contribution >= 0.6 is 22.9 Å². The van der Waals surface area contributed by atoms with Gasteiger partial charge in [0.05, 0.1) is 18.7 Å². The molecule has 0 bridgehead atoms. The summed E-state index contributed by atoms with van der Waals surface area (Å²) in [5.74, 6) is 6.61. The SMILES string of the molecule is Cc1nc(NC(=O)CCOc2cccc(Cl)c2)sc1C#Cc1ccncc1. The van der Waals surface area contributed by atoms with Crippen molar-refractivity contribution in [2.75, 3.05) is 11.9 Å². The zero-order valence-electron chi connectivity index (χ0n) is 14.5. The maximum atomic E-state index is 12.1. The van der Waals surface area contributed by atoms with Crippen LogP contribution in [0, 0.1) is 18.8 Å². The van der Waals surface area contributed by atoms with Gasteiger partial charge >= 0.3 is 0 Å². The zero-order valence-corrected chi connectivity index (χ0v) is 16.1. The Morgan fingerprint density at radius 2 is 2.07 bits per heavy atom. The molecule has 0 unspecified atom stereocenters. The lowest BCUT2D eigenvalue weighted by Gasteiger charge is -2.06. The van der Waals surface area contributed by atoms with Crippen molar-refractivity contribution in [3.05, 3.63) is 69.9 Å². The van der Waals surface area contributed by atoms with Gasteiger partial charge in [0, 0.05) is 23.0 Å². The normalized spacial score (nSPS) is 10.0. The van der Waals surface area contributed by atoms with Gasteiger partial charge in [-0.25, -0.2) is 4.98 Å². The first-order valence-electron chi connectivity index (χ1n) is 8.18. The molecule has 5 nitrogen and oxygen atoms in total. The van der Waals surface area contributed by atoms with E-state index in [4.69, 9.17) is 16.3 Å². The Hall–Kier alpha value is -2.88. The van der Waals surface area contributed by atoms with E-state index in [2.05, 4.69) is 27.1 Å². The number of pyridine rings is 1. The molecule has 0 radical (unpaired) electrons. The van der Waals surface area contributed by atoms with Crippen LogP contribution in [-0.4, -0.2) is 22.5 Å². The molecule has 3 aromatic rings. The highest BCUT2D eigenvalue weighted by molar-refractivity contribution is 7.16. The highest BCUT2D eigenvalue weighted by Crippen LogP contribution is 2.22. The largest absolute Gasteiger partial charge is 0.493 e. The third-order valence-corrected chi connectivity index (χ3v) is 4.66. The van der Waals surface area contributed by atoms with Crippen molar-refractivity contribution in [1.29, 1.82) is 0 Å². The molecule has 2 aromatic heterocycles. The van der Waals surface area contributed by atoms with Gasteiger partial charge in [-0.3, -0.25) is 9.78 Å². The molecule has 2 heterocycles. The second kappa shape index (κ2) is 9.17. The van der Waals surface area contributed by atoms with Crippen molar-refractivity contribution >= 4 is 34.0 Å². The molecule has 27 heavy (non-hydrogen) atoms. The minimum atomic E-state index is -0.167. The van der Waals surface area contributed by atoms with E-state index >= 15 is 0 Å². The molecule has 0 aliphatic rings. The van der Waals surface area contributed by atoms with E-state index in [0.29, 0.717) is 15.9 Å². The molecular formula is C20H16ClN3O2S. The number of halogens is 1. The van der Waals surface area contributed by atoms with Crippen LogP contribution in [0.2, 0.25) is 5.02 Å². The van der Waals surface area contributed by atoms with Crippen LogP contribution in [0.25, 0.3) is 0 Å². The Labute approximate surface area is 166 Å². The van der Waals surface area contributed by atoms with Gasteiger partial charge in [0.15, 0.2) is 5.13 Å². The fourth-order valence-electron chi connectivity index (χ4n) is 2.13. The standard InChI is InChI=1S/C20H16ClN3O2S/c1-14-18(6-5-15-7-10-22-11-8-15)27-20(23-14)24-19(25)9-12-26-17-4-2-3-16(21)13-17/h2-4,7-8,10-11,13H,9,12H2,1H3,(H,23,24,25). The molecule has 0 aliphatic heterocycles. The fourth-order valence-corrected chi connectivity index (χ4v) is 3.15. The molecule has 3 rings (SSSR count). The number of anilines is 1. The van der Waals surface area contributed by atoms with Crippen molar-refractivity contribution in [2.45, 2.75) is 13.3 Å². The number of benzene rings is 1. The third-order valence-electron chi connectivity index (χ3n) is 3.44. The second-order valence-electron chi connectivity index (χ2n) is 5.52. The highest BCUT2D eigenvalue weighted by Gasteiger charge is 2.09. The van der Waals surface area contributed by atoms with Gasteiger partial charge < -0.3 is 10.1 Å². The van der Waals surface area contributed by atoms with Gasteiger partial charge in [0.1, 0.15) is 10.6 Å². The molecular weight excluding hydrogens is 382 g/mol. The molecule has 0 saturated carbocycles. The Morgan fingerprint density at radius 3 is 2.85 bits per heavy atom. The smallest absolute Gasteiger partial charge is 0.229 e. The number of carbonyl (C=O) groups is 1. The number of hydrogen-bond acceptors (Lipinski definition) is 5. The molecule has 1 aromatic carbocycles. The highest BCUT2D eigenvalue weighted by atomic mass is 35.5. The molecule has 136 valence electrons. The molecule has 0 fully saturated rings. The van der Waals surface area contributed by atoms with Gasteiger partial charge in [-0.05, 0) is 43.2 Å². The first-order valence-corrected chi connectivity index (χ1v) is 9.37. The van der Waals surface area contributed by atoms with Crippen LogP contribution in [0.5, 0.6) is 5.75 Å². The Bertz CT molecular complexity index is 993. The van der Waals surface area contributed by atoms with E-state index in [0.717, 1.165) is 16.1 Å². The summed E-state index contributed by atoms with van der Waals surface area (Å²) in [6.07, 6.45) is 3.60. The number of nitrogens with zero attached hydrogens (tertiary/aromatic N) is 2. The Morgan fingerprint density at radius 1 is 1.26 bits per heavy atom. The van der Waals surface area contributed by atoms with Gasteiger partial charge in [0.25, 0.3) is 0 Å². The van der Waals surface area contributed by atoms with Crippen molar-refractivity contribution < 1.29 is 9.53 Å². The van der Waals surface area contributed by atoms with Crippen LogP contribution < -0.4 is 10.1 Å². The van der Waals surface area contributed by atoms with Crippen molar-refractivity contribution in [3.8, 4) is 17.6 Å². The number of rotatable bonds is 5. The Kier molecular flexibility index (Phi) is 6.42. The summed E-state index contributed by atoms with van der Waals surface area (Å²) in [6.45, 7) is 2.12. The van der Waals surface area contributed by atoms with Gasteiger partial charge in [0.2, 0.25) is 5.91 Å². The molecule has 7 heteroatoms. The average molecular weight is 398 g/mol. The lowest BCUT2D eigenvalue weighted by Crippen LogP contribution is -2.15. The van der Waals surface area contributed by atoms with Crippen LogP contribution in [-0.2, 0) is 4.79 Å². The molecule has 0 atom stereocenters. The summed E-state index contributed by atoms with van der Waals surface area (Å²) in [5.41, 5.74) is 1.66. The van der Waals surface area contributed by atoms with Crippen LogP contribution in [0.4, 0.5) is 5.13 Å². The number of amides is 1. The van der Waals surface area contributed by atoms with Gasteiger partial charge in [-0.15, -0.1) is 0 Å². The lowest BCUT2D eigenvalue weighted by molar-refractivity contribution is -0.116. The molecule has 0 spiro atoms. The minimum absolute atomic E-state index is 0.167. The Balaban J connectivity index is 1.53. The molecule has 0 saturated heterocycles. The molecule has 0 aliphatic carbocycles. The van der Waals surface area contributed by atoms with E-state index in [1.807, 2.05) is 19.1 Å². The summed E-state index contributed by atoms with van der Waals surface area (Å²) in [7, 11) is 0. The van der Waals surface area contributed by atoms with Crippen molar-refractivity contribution in [3.63, 3.8) is 0 Å². The van der Waals surface area contributed by atoms with E-state index in [9.17, 15) is 4.79 Å². The van der Waals surface area contributed by atoms with Crippen LogP contribution in [0.1, 0.15) is 22.6 Å². The monoisotopic (exact) mass is 397 g/mol. The predicted molar refractivity (Wildman–Crippen MR) is 107 cm³/mol. The molecule has 1 N–H and O–H groups in total. The summed E-state index contributed by atoms with van der Waals surface area (Å²) in [6, 6.07) is 10.7. The first-order chi connectivity index (χ1) is 13.1. The number of aromatic nitrogens is 2. The number of hydrogen-bond donors (Lipinski definition) is 1. The topological polar surface area (TPSA) is 64.1 Å². The maximum absolute atomic E-state index is 12.1. The predicted octanol–water partition coefficient (Wildman–Crippen LogP) is 4.31. The quantitative estimate of drug-likeness (QED) is 0.651. The molecule has 1 amide bonds. The number of aryl methyl sites for hydroxylation is 1. The number of ether oxygens (including phenoxy) is 1. The van der Waals surface area contributed by atoms with Gasteiger partial charge in [-0.2, -0.15) is 0 Å². The van der Waals surface area contributed by atoms with Crippen molar-refractivity contribution in [2.24, 2.45) is 0 Å². The zero-order chi connectivity index (χ0) is 19.1. The summed E-state index contributed by atoms with van der Waals surface area (Å²) >= 11 is 7.24. The van der Waals surface area contributed by atoms with Gasteiger partial charge in [-0.1, -0.05) is 34.9 Å². The first kappa shape index (κ1) is 18.9. The summed E-state index contributed by atoms with van der Waals surface area (Å²) in [5, 5.41) is 3.90. The summed E-state index contributed by atoms with van der Waals surface area (Å²) < 4.78 is 5.52. The maximum Gasteiger partial charge on any atom is 0.229 e. The van der Waals surface area contributed by atoms with E-state index < -0.39 is 0 Å². The minimum Gasteiger partial charge on any atom is -0.493 e. The number of thiazole rings is 1. The van der Waals surface area contributed by atoms with E-state index in [-0.39, 0.29) is 18.9 Å².